The summed E-state index contributed by atoms with van der Waals surface area (Å²) in [4.78, 5) is 0. The average molecular weight is 204 g/mol. The zero-order chi connectivity index (χ0) is 9.36. The van der Waals surface area contributed by atoms with Crippen LogP contribution in [0.1, 0.15) is 13.3 Å². The van der Waals surface area contributed by atoms with Gasteiger partial charge in [0.1, 0.15) is 0 Å². The predicted molar refractivity (Wildman–Crippen MR) is 58.0 cm³/mol. The Bertz CT molecular complexity index is 118. The highest BCUT2D eigenvalue weighted by molar-refractivity contribution is 7.99. The molecule has 0 bridgehead atoms. The number of morpholine rings is 1. The monoisotopic (exact) mass is 204 g/mol. The summed E-state index contributed by atoms with van der Waals surface area (Å²) < 4.78 is 5.26. The van der Waals surface area contributed by atoms with E-state index in [-0.39, 0.29) is 0 Å². The van der Waals surface area contributed by atoms with Gasteiger partial charge in [0.2, 0.25) is 0 Å². The fraction of sp³-hybridized carbons (Fsp3) is 1.00. The number of hydrazine groups is 1. The average Bonchev–Trinajstić information content (AvgIpc) is 2.19. The molecule has 1 N–H and O–H groups in total. The van der Waals surface area contributed by atoms with Gasteiger partial charge in [-0.1, -0.05) is 6.92 Å². The molecule has 0 atom stereocenters. The van der Waals surface area contributed by atoms with Gasteiger partial charge in [0.25, 0.3) is 0 Å². The van der Waals surface area contributed by atoms with E-state index in [2.05, 4.69) is 17.4 Å². The Hall–Kier alpha value is 0.230. The Morgan fingerprint density at radius 3 is 2.85 bits per heavy atom. The van der Waals surface area contributed by atoms with Crippen molar-refractivity contribution in [2.75, 3.05) is 44.4 Å². The molecule has 78 valence electrons. The molecule has 1 rings (SSSR count). The quantitative estimate of drug-likeness (QED) is 0.652. The molecule has 3 nitrogen and oxygen atoms in total. The summed E-state index contributed by atoms with van der Waals surface area (Å²) in [5.74, 6) is 2.51. The Morgan fingerprint density at radius 2 is 2.15 bits per heavy atom. The number of hydrogen-bond donors (Lipinski definition) is 1. The van der Waals surface area contributed by atoms with Crippen LogP contribution in [-0.2, 0) is 4.74 Å². The summed E-state index contributed by atoms with van der Waals surface area (Å²) in [5.41, 5.74) is 3.42. The third-order valence-electron chi connectivity index (χ3n) is 2.02. The lowest BCUT2D eigenvalue weighted by atomic mass is 10.5. The maximum absolute atomic E-state index is 5.26. The lowest BCUT2D eigenvalue weighted by Gasteiger charge is -2.27. The second-order valence-corrected chi connectivity index (χ2v) is 4.45. The fourth-order valence-corrected chi connectivity index (χ4v) is 1.91. The predicted octanol–water partition coefficient (Wildman–Crippen LogP) is 0.966. The van der Waals surface area contributed by atoms with E-state index in [1.54, 1.807) is 0 Å². The van der Waals surface area contributed by atoms with E-state index in [0.717, 1.165) is 32.8 Å². The van der Waals surface area contributed by atoms with Crippen LogP contribution >= 0.6 is 11.8 Å². The van der Waals surface area contributed by atoms with Gasteiger partial charge in [-0.05, 0) is 17.9 Å². The topological polar surface area (TPSA) is 24.5 Å². The Balaban J connectivity index is 1.86. The van der Waals surface area contributed by atoms with Crippen LogP contribution in [0.4, 0.5) is 0 Å². The number of nitrogens with zero attached hydrogens (tertiary/aromatic N) is 1. The summed E-state index contributed by atoms with van der Waals surface area (Å²) in [7, 11) is 0. The molecule has 0 radical (unpaired) electrons. The fourth-order valence-electron chi connectivity index (χ4n) is 1.28. The third-order valence-corrected chi connectivity index (χ3v) is 3.00. The van der Waals surface area contributed by atoms with Crippen LogP contribution in [-0.4, -0.2) is 49.4 Å². The van der Waals surface area contributed by atoms with Crippen molar-refractivity contribution < 1.29 is 4.74 Å². The summed E-state index contributed by atoms with van der Waals surface area (Å²) in [5, 5.41) is 2.26. The Morgan fingerprint density at radius 1 is 1.38 bits per heavy atom. The van der Waals surface area contributed by atoms with Gasteiger partial charge in [0.05, 0.1) is 13.2 Å². The largest absolute Gasteiger partial charge is 0.379 e. The molecule has 0 spiro atoms. The first-order chi connectivity index (χ1) is 6.43. The summed E-state index contributed by atoms with van der Waals surface area (Å²) in [6.07, 6.45) is 1.26. The standard InChI is InChI=1S/C9H20N2OS/c1-2-13-9-3-4-10-11-5-7-12-8-6-11/h10H,2-9H2,1H3. The smallest absolute Gasteiger partial charge is 0.0608 e. The van der Waals surface area contributed by atoms with Gasteiger partial charge in [-0.3, -0.25) is 5.43 Å². The summed E-state index contributed by atoms with van der Waals surface area (Å²) in [6, 6.07) is 0. The number of rotatable bonds is 6. The van der Waals surface area contributed by atoms with E-state index in [9.17, 15) is 0 Å². The van der Waals surface area contributed by atoms with Crippen LogP contribution in [0.5, 0.6) is 0 Å². The Labute approximate surface area is 85.2 Å². The number of thioether (sulfide) groups is 1. The second kappa shape index (κ2) is 7.62. The van der Waals surface area contributed by atoms with Crippen molar-refractivity contribution in [2.45, 2.75) is 13.3 Å². The van der Waals surface area contributed by atoms with Gasteiger partial charge >= 0.3 is 0 Å². The van der Waals surface area contributed by atoms with E-state index >= 15 is 0 Å². The van der Waals surface area contributed by atoms with Gasteiger partial charge in [-0.25, -0.2) is 5.01 Å². The van der Waals surface area contributed by atoms with Crippen molar-refractivity contribution in [1.82, 2.24) is 10.4 Å². The molecular weight excluding hydrogens is 184 g/mol. The highest BCUT2D eigenvalue weighted by Gasteiger charge is 2.08. The van der Waals surface area contributed by atoms with Crippen LogP contribution < -0.4 is 5.43 Å². The van der Waals surface area contributed by atoms with E-state index in [4.69, 9.17) is 4.74 Å². The molecule has 1 aliphatic rings. The molecule has 0 aromatic carbocycles. The van der Waals surface area contributed by atoms with Crippen LogP contribution in [0.2, 0.25) is 0 Å². The first-order valence-electron chi connectivity index (χ1n) is 5.07. The molecule has 0 aromatic heterocycles. The number of hydrogen-bond acceptors (Lipinski definition) is 4. The van der Waals surface area contributed by atoms with Crippen LogP contribution in [0.3, 0.4) is 0 Å². The molecule has 1 aliphatic heterocycles. The van der Waals surface area contributed by atoms with E-state index in [1.165, 1.54) is 17.9 Å². The maximum atomic E-state index is 5.26. The van der Waals surface area contributed by atoms with Gasteiger partial charge in [0.15, 0.2) is 0 Å². The highest BCUT2D eigenvalue weighted by Crippen LogP contribution is 2.00. The SMILES string of the molecule is CCSCCCNN1CCOCC1. The summed E-state index contributed by atoms with van der Waals surface area (Å²) in [6.45, 7) is 7.11. The van der Waals surface area contributed by atoms with Gasteiger partial charge in [0, 0.05) is 19.6 Å². The highest BCUT2D eigenvalue weighted by atomic mass is 32.2. The van der Waals surface area contributed by atoms with Crippen molar-refractivity contribution in [3.05, 3.63) is 0 Å². The molecule has 4 heteroatoms. The summed E-state index contributed by atoms with van der Waals surface area (Å²) >= 11 is 2.01. The normalized spacial score (nSPS) is 19.2. The molecule has 0 aromatic rings. The zero-order valence-electron chi connectivity index (χ0n) is 8.42. The minimum absolute atomic E-state index is 0.872. The third kappa shape index (κ3) is 5.52. The van der Waals surface area contributed by atoms with Crippen LogP contribution in [0.25, 0.3) is 0 Å². The first-order valence-corrected chi connectivity index (χ1v) is 6.23. The molecule has 0 aliphatic carbocycles. The molecule has 1 saturated heterocycles. The van der Waals surface area contributed by atoms with E-state index in [1.807, 2.05) is 11.8 Å². The van der Waals surface area contributed by atoms with E-state index in [0.29, 0.717) is 0 Å². The number of nitrogens with one attached hydrogen (secondary N) is 1. The second-order valence-electron chi connectivity index (χ2n) is 3.06. The molecule has 0 unspecified atom stereocenters. The van der Waals surface area contributed by atoms with Crippen molar-refractivity contribution in [3.63, 3.8) is 0 Å². The molecular formula is C9H20N2OS. The molecule has 1 heterocycles. The van der Waals surface area contributed by atoms with Crippen LogP contribution in [0.15, 0.2) is 0 Å². The molecule has 0 amide bonds. The van der Waals surface area contributed by atoms with Crippen LogP contribution in [0, 0.1) is 0 Å². The molecule has 13 heavy (non-hydrogen) atoms. The van der Waals surface area contributed by atoms with Gasteiger partial charge in [-0.15, -0.1) is 0 Å². The minimum atomic E-state index is 0.872. The number of ether oxygens (including phenoxy) is 1. The van der Waals surface area contributed by atoms with Crippen molar-refractivity contribution >= 4 is 11.8 Å². The van der Waals surface area contributed by atoms with E-state index < -0.39 is 0 Å². The van der Waals surface area contributed by atoms with Crippen molar-refractivity contribution in [2.24, 2.45) is 0 Å². The van der Waals surface area contributed by atoms with Gasteiger partial charge < -0.3 is 4.74 Å². The van der Waals surface area contributed by atoms with Crippen molar-refractivity contribution in [3.8, 4) is 0 Å². The lowest BCUT2D eigenvalue weighted by Crippen LogP contribution is -2.46. The minimum Gasteiger partial charge on any atom is -0.379 e. The molecule has 0 saturated carbocycles. The zero-order valence-corrected chi connectivity index (χ0v) is 9.24. The van der Waals surface area contributed by atoms with Crippen molar-refractivity contribution in [1.29, 1.82) is 0 Å². The molecule has 1 fully saturated rings. The Kier molecular flexibility index (Phi) is 6.62. The first kappa shape index (κ1) is 11.3. The lowest BCUT2D eigenvalue weighted by molar-refractivity contribution is 0.0122. The maximum Gasteiger partial charge on any atom is 0.0608 e. The van der Waals surface area contributed by atoms with Gasteiger partial charge in [-0.2, -0.15) is 11.8 Å².